The van der Waals surface area contributed by atoms with Crippen molar-refractivity contribution in [2.24, 2.45) is 0 Å². The third-order valence-corrected chi connectivity index (χ3v) is 9.51. The summed E-state index contributed by atoms with van der Waals surface area (Å²) in [6.45, 7) is 6.41. The molecule has 230 valence electrons. The summed E-state index contributed by atoms with van der Waals surface area (Å²) < 4.78 is 11.4. The molecule has 2 aromatic carbocycles. The summed E-state index contributed by atoms with van der Waals surface area (Å²) in [7, 11) is 0. The summed E-state index contributed by atoms with van der Waals surface area (Å²) in [5, 5.41) is 2.24. The fourth-order valence-corrected chi connectivity index (χ4v) is 7.20. The van der Waals surface area contributed by atoms with E-state index in [1.54, 1.807) is 6.20 Å². The molecular formula is C39H47N3O2. The zero-order valence-electron chi connectivity index (χ0n) is 26.6. The van der Waals surface area contributed by atoms with Crippen LogP contribution in [0.4, 0.5) is 0 Å². The number of esters is 1. The average Bonchev–Trinajstić information content (AvgIpc) is 3.71. The highest BCUT2D eigenvalue weighted by atomic mass is 16.6. The van der Waals surface area contributed by atoms with Crippen LogP contribution in [0, 0.1) is 0 Å². The van der Waals surface area contributed by atoms with Crippen molar-refractivity contribution in [2.45, 2.75) is 110 Å². The zero-order chi connectivity index (χ0) is 30.4. The summed E-state index contributed by atoms with van der Waals surface area (Å²) in [5.41, 5.74) is 4.73. The summed E-state index contributed by atoms with van der Waals surface area (Å²) in [4.78, 5) is 18.2. The maximum atomic E-state index is 13.6. The number of unbranched alkanes of at least 4 members (excludes halogenated alkanes) is 10. The second-order valence-electron chi connectivity index (χ2n) is 12.5. The minimum atomic E-state index is -1.08. The van der Waals surface area contributed by atoms with Crippen LogP contribution in [0.5, 0.6) is 0 Å². The Morgan fingerprint density at radius 1 is 0.636 bits per heavy atom. The van der Waals surface area contributed by atoms with Crippen LogP contribution in [0.1, 0.15) is 118 Å². The van der Waals surface area contributed by atoms with E-state index in [0.29, 0.717) is 5.56 Å². The Morgan fingerprint density at radius 2 is 1.14 bits per heavy atom. The van der Waals surface area contributed by atoms with Gasteiger partial charge in [-0.2, -0.15) is 0 Å². The van der Waals surface area contributed by atoms with Crippen LogP contribution in [0.2, 0.25) is 0 Å². The number of rotatable bonds is 16. The van der Waals surface area contributed by atoms with Crippen molar-refractivity contribution < 1.29 is 9.53 Å². The average molecular weight is 590 g/mol. The van der Waals surface area contributed by atoms with E-state index in [4.69, 9.17) is 4.74 Å². The first-order valence-corrected chi connectivity index (χ1v) is 17.0. The fourth-order valence-electron chi connectivity index (χ4n) is 7.20. The van der Waals surface area contributed by atoms with Gasteiger partial charge in [-0.1, -0.05) is 114 Å². The third kappa shape index (κ3) is 5.69. The van der Waals surface area contributed by atoms with Gasteiger partial charge in [0.05, 0.1) is 5.56 Å². The summed E-state index contributed by atoms with van der Waals surface area (Å²) in [6.07, 6.45) is 23.1. The Morgan fingerprint density at radius 3 is 1.68 bits per heavy atom. The molecule has 0 atom stereocenters. The third-order valence-electron chi connectivity index (χ3n) is 9.51. The van der Waals surface area contributed by atoms with Gasteiger partial charge in [-0.25, -0.2) is 4.79 Å². The second kappa shape index (κ2) is 13.8. The van der Waals surface area contributed by atoms with Crippen LogP contribution in [-0.4, -0.2) is 20.1 Å². The number of fused-ring (bicyclic) bond motifs is 3. The Labute approximate surface area is 262 Å². The number of pyridine rings is 1. The molecule has 4 heterocycles. The molecular weight excluding hydrogens is 542 g/mol. The molecule has 6 rings (SSSR count). The minimum absolute atomic E-state index is 0.289. The number of benzene rings is 2. The lowest BCUT2D eigenvalue weighted by Gasteiger charge is -2.29. The standard InChI is InChI=1S/C39H47N3O2/c1-3-5-7-9-11-17-25-41-28-34(30-19-13-15-21-36(30)41)39(33-27-40-24-23-32(33)38(43)44-39)35-29-42(26-18-12-10-8-6-4-2)37-22-16-14-20-31(35)37/h13-16,19-24,27-29H,3-12,17-18,25-26H2,1-2H3. The van der Waals surface area contributed by atoms with Gasteiger partial charge in [-0.15, -0.1) is 0 Å². The van der Waals surface area contributed by atoms with Crippen LogP contribution >= 0.6 is 0 Å². The highest BCUT2D eigenvalue weighted by Crippen LogP contribution is 2.51. The van der Waals surface area contributed by atoms with E-state index in [0.717, 1.165) is 53.4 Å². The van der Waals surface area contributed by atoms with Gasteiger partial charge < -0.3 is 13.9 Å². The predicted octanol–water partition coefficient (Wildman–Crippen LogP) is 10.2. The number of cyclic esters (lactones) is 1. The molecule has 3 aromatic heterocycles. The van der Waals surface area contributed by atoms with Gasteiger partial charge in [-0.3, -0.25) is 4.98 Å². The molecule has 5 aromatic rings. The van der Waals surface area contributed by atoms with Gasteiger partial charge in [0.2, 0.25) is 0 Å². The molecule has 0 radical (unpaired) electrons. The molecule has 5 nitrogen and oxygen atoms in total. The Balaban J connectivity index is 1.45. The normalized spacial score (nSPS) is 14.0. The summed E-state index contributed by atoms with van der Waals surface area (Å²) in [6, 6.07) is 19.0. The molecule has 0 N–H and O–H groups in total. The molecule has 0 fully saturated rings. The Bertz CT molecular complexity index is 1620. The molecule has 44 heavy (non-hydrogen) atoms. The number of nitrogens with zero attached hydrogens (tertiary/aromatic N) is 3. The lowest BCUT2D eigenvalue weighted by molar-refractivity contribution is 0.0258. The van der Waals surface area contributed by atoms with E-state index in [2.05, 4.69) is 88.9 Å². The van der Waals surface area contributed by atoms with Crippen LogP contribution in [0.15, 0.2) is 79.4 Å². The van der Waals surface area contributed by atoms with E-state index in [-0.39, 0.29) is 5.97 Å². The summed E-state index contributed by atoms with van der Waals surface area (Å²) in [5.74, 6) is -0.289. The van der Waals surface area contributed by atoms with E-state index < -0.39 is 5.60 Å². The first kappa shape index (κ1) is 30.2. The topological polar surface area (TPSA) is 49.0 Å². The Hall–Kier alpha value is -3.86. The number of aryl methyl sites for hydroxylation is 2. The van der Waals surface area contributed by atoms with Gasteiger partial charge in [0.15, 0.2) is 5.60 Å². The maximum Gasteiger partial charge on any atom is 0.340 e. The molecule has 0 aliphatic carbocycles. The summed E-state index contributed by atoms with van der Waals surface area (Å²) >= 11 is 0. The minimum Gasteiger partial charge on any atom is -0.440 e. The van der Waals surface area contributed by atoms with Crippen LogP contribution < -0.4 is 0 Å². The number of carbonyl (C=O) groups excluding carboxylic acids is 1. The Kier molecular flexibility index (Phi) is 9.49. The van der Waals surface area contributed by atoms with Crippen molar-refractivity contribution in [2.75, 3.05) is 0 Å². The highest BCUT2D eigenvalue weighted by Gasteiger charge is 2.51. The van der Waals surface area contributed by atoms with Gasteiger partial charge in [-0.05, 0) is 31.0 Å². The van der Waals surface area contributed by atoms with Crippen molar-refractivity contribution in [1.82, 2.24) is 14.1 Å². The van der Waals surface area contributed by atoms with E-state index in [9.17, 15) is 4.79 Å². The van der Waals surface area contributed by atoms with Gasteiger partial charge >= 0.3 is 5.97 Å². The molecule has 0 saturated carbocycles. The molecule has 1 aliphatic rings. The number of hydrogen-bond acceptors (Lipinski definition) is 3. The first-order valence-electron chi connectivity index (χ1n) is 17.0. The fraction of sp³-hybridized carbons (Fsp3) is 0.436. The number of para-hydroxylation sites is 2. The molecule has 0 amide bonds. The zero-order valence-corrected chi connectivity index (χ0v) is 26.6. The van der Waals surface area contributed by atoms with Crippen molar-refractivity contribution in [1.29, 1.82) is 0 Å². The van der Waals surface area contributed by atoms with E-state index >= 15 is 0 Å². The molecule has 0 spiro atoms. The van der Waals surface area contributed by atoms with E-state index in [1.165, 1.54) is 75.2 Å². The van der Waals surface area contributed by atoms with Crippen LogP contribution in [-0.2, 0) is 23.4 Å². The molecule has 0 bridgehead atoms. The van der Waals surface area contributed by atoms with Crippen molar-refractivity contribution >= 4 is 27.8 Å². The molecule has 0 saturated heterocycles. The molecule has 1 aliphatic heterocycles. The molecule has 5 heteroatoms. The predicted molar refractivity (Wildman–Crippen MR) is 180 cm³/mol. The van der Waals surface area contributed by atoms with Gasteiger partial charge in [0.25, 0.3) is 0 Å². The van der Waals surface area contributed by atoms with Gasteiger partial charge in [0, 0.05) is 76.4 Å². The first-order chi connectivity index (χ1) is 21.7. The SMILES string of the molecule is CCCCCCCCn1cc(C2(c3cn(CCCCCCCC)c4ccccc34)OC(=O)c3ccncc32)c2ccccc21. The lowest BCUT2D eigenvalue weighted by atomic mass is 9.80. The number of ether oxygens (including phenoxy) is 1. The van der Waals surface area contributed by atoms with Crippen LogP contribution in [0.3, 0.4) is 0 Å². The maximum absolute atomic E-state index is 13.6. The quantitative estimate of drug-likeness (QED) is 0.0850. The van der Waals surface area contributed by atoms with Crippen molar-refractivity contribution in [3.8, 4) is 0 Å². The monoisotopic (exact) mass is 589 g/mol. The van der Waals surface area contributed by atoms with Crippen molar-refractivity contribution in [3.63, 3.8) is 0 Å². The smallest absolute Gasteiger partial charge is 0.340 e. The largest absolute Gasteiger partial charge is 0.440 e. The second-order valence-corrected chi connectivity index (χ2v) is 12.5. The van der Waals surface area contributed by atoms with Crippen molar-refractivity contribution in [3.05, 3.63) is 102 Å². The van der Waals surface area contributed by atoms with E-state index in [1.807, 2.05) is 12.3 Å². The number of hydrogen-bond donors (Lipinski definition) is 0. The van der Waals surface area contributed by atoms with Gasteiger partial charge in [0.1, 0.15) is 0 Å². The molecule has 0 unspecified atom stereocenters. The number of aromatic nitrogens is 3. The number of carbonyl (C=O) groups is 1. The highest BCUT2D eigenvalue weighted by molar-refractivity contribution is 6.00. The van der Waals surface area contributed by atoms with Crippen LogP contribution in [0.25, 0.3) is 21.8 Å². The lowest BCUT2D eigenvalue weighted by Crippen LogP contribution is -2.29.